The average Bonchev–Trinajstić information content (AvgIpc) is 3.24. The van der Waals surface area contributed by atoms with Crippen LogP contribution in [0.25, 0.3) is 5.69 Å². The van der Waals surface area contributed by atoms with Gasteiger partial charge in [-0.3, -0.25) is 0 Å². The van der Waals surface area contributed by atoms with Crippen LogP contribution in [0.5, 0.6) is 0 Å². The minimum absolute atomic E-state index is 0.252. The van der Waals surface area contributed by atoms with E-state index in [4.69, 9.17) is 0 Å². The summed E-state index contributed by atoms with van der Waals surface area (Å²) in [4.78, 5) is 12.8. The van der Waals surface area contributed by atoms with Crippen LogP contribution in [0.4, 0.5) is 23.7 Å². The summed E-state index contributed by atoms with van der Waals surface area (Å²) >= 11 is 1.53. The maximum absolute atomic E-state index is 12.8. The average molecular weight is 366 g/mol. The maximum Gasteiger partial charge on any atom is 0.416 e. The molecule has 0 fully saturated rings. The number of alkyl halides is 3. The molecule has 0 radical (unpaired) electrons. The summed E-state index contributed by atoms with van der Waals surface area (Å²) in [6.07, 6.45) is -1.61. The van der Waals surface area contributed by atoms with Crippen LogP contribution in [0.15, 0.2) is 54.2 Å². The molecule has 0 unspecified atom stereocenters. The van der Waals surface area contributed by atoms with E-state index in [0.717, 1.165) is 17.0 Å². The second-order valence-corrected chi connectivity index (χ2v) is 6.14. The summed E-state index contributed by atoms with van der Waals surface area (Å²) in [5.74, 6) is 0. The van der Waals surface area contributed by atoms with Gasteiger partial charge in [0.1, 0.15) is 0 Å². The zero-order valence-electron chi connectivity index (χ0n) is 12.7. The SMILES string of the molecule is O=C(NCc1cccs1)Nc1cnn(-c2cccc(C(F)(F)F)c2)c1. The van der Waals surface area contributed by atoms with Crippen molar-refractivity contribution in [1.29, 1.82) is 0 Å². The second-order valence-electron chi connectivity index (χ2n) is 5.11. The number of rotatable bonds is 4. The molecule has 2 heterocycles. The molecule has 0 saturated heterocycles. The van der Waals surface area contributed by atoms with Gasteiger partial charge in [-0.05, 0) is 29.6 Å². The molecule has 2 amide bonds. The Morgan fingerprint density at radius 2 is 2.08 bits per heavy atom. The summed E-state index contributed by atoms with van der Waals surface area (Å²) < 4.78 is 39.6. The molecule has 130 valence electrons. The Labute approximate surface area is 145 Å². The zero-order valence-corrected chi connectivity index (χ0v) is 13.6. The first-order chi connectivity index (χ1) is 11.9. The van der Waals surface area contributed by atoms with Crippen LogP contribution >= 0.6 is 11.3 Å². The predicted molar refractivity (Wildman–Crippen MR) is 88.7 cm³/mol. The molecular weight excluding hydrogens is 353 g/mol. The Hall–Kier alpha value is -2.81. The first kappa shape index (κ1) is 17.0. The van der Waals surface area contributed by atoms with E-state index in [9.17, 15) is 18.0 Å². The van der Waals surface area contributed by atoms with Crippen molar-refractivity contribution in [3.8, 4) is 5.69 Å². The van der Waals surface area contributed by atoms with Crippen LogP contribution in [-0.2, 0) is 12.7 Å². The third-order valence-corrected chi connectivity index (χ3v) is 4.16. The molecule has 0 bridgehead atoms. The highest BCUT2D eigenvalue weighted by Gasteiger charge is 2.30. The number of nitrogens with one attached hydrogen (secondary N) is 2. The lowest BCUT2D eigenvalue weighted by Gasteiger charge is -2.08. The predicted octanol–water partition coefficient (Wildman–Crippen LogP) is 4.27. The molecule has 5 nitrogen and oxygen atoms in total. The van der Waals surface area contributed by atoms with E-state index < -0.39 is 17.8 Å². The largest absolute Gasteiger partial charge is 0.416 e. The van der Waals surface area contributed by atoms with Crippen LogP contribution < -0.4 is 10.6 Å². The smallest absolute Gasteiger partial charge is 0.333 e. The Balaban J connectivity index is 1.65. The van der Waals surface area contributed by atoms with Crippen molar-refractivity contribution in [2.45, 2.75) is 12.7 Å². The minimum Gasteiger partial charge on any atom is -0.333 e. The monoisotopic (exact) mass is 366 g/mol. The number of halogens is 3. The third-order valence-electron chi connectivity index (χ3n) is 3.28. The molecule has 25 heavy (non-hydrogen) atoms. The molecule has 3 rings (SSSR count). The van der Waals surface area contributed by atoms with Crippen LogP contribution in [0.2, 0.25) is 0 Å². The van der Waals surface area contributed by atoms with Crippen molar-refractivity contribution >= 4 is 23.1 Å². The lowest BCUT2D eigenvalue weighted by molar-refractivity contribution is -0.137. The van der Waals surface area contributed by atoms with E-state index in [0.29, 0.717) is 12.2 Å². The highest BCUT2D eigenvalue weighted by molar-refractivity contribution is 7.09. The standard InChI is InChI=1S/C16H13F3N4OS/c17-16(18,19)11-3-1-4-13(7-11)23-10-12(8-21-23)22-15(24)20-9-14-5-2-6-25-14/h1-8,10H,9H2,(H2,20,22,24). The van der Waals surface area contributed by atoms with Crippen LogP contribution in [-0.4, -0.2) is 15.8 Å². The minimum atomic E-state index is -4.42. The Morgan fingerprint density at radius 3 is 2.80 bits per heavy atom. The summed E-state index contributed by atoms with van der Waals surface area (Å²) in [5.41, 5.74) is -0.133. The summed E-state index contributed by atoms with van der Waals surface area (Å²) in [6, 6.07) is 8.16. The van der Waals surface area contributed by atoms with E-state index in [1.54, 1.807) is 0 Å². The highest BCUT2D eigenvalue weighted by atomic mass is 32.1. The molecule has 1 aromatic carbocycles. The number of hydrogen-bond donors (Lipinski definition) is 2. The molecule has 0 aliphatic carbocycles. The van der Waals surface area contributed by atoms with Crippen molar-refractivity contribution in [3.05, 3.63) is 64.6 Å². The fraction of sp³-hybridized carbons (Fsp3) is 0.125. The van der Waals surface area contributed by atoms with Gasteiger partial charge in [-0.1, -0.05) is 12.1 Å². The topological polar surface area (TPSA) is 59.0 Å². The van der Waals surface area contributed by atoms with Crippen molar-refractivity contribution in [3.63, 3.8) is 0 Å². The van der Waals surface area contributed by atoms with Gasteiger partial charge < -0.3 is 10.6 Å². The van der Waals surface area contributed by atoms with Gasteiger partial charge in [0, 0.05) is 4.88 Å². The Bertz CT molecular complexity index is 858. The number of anilines is 1. The quantitative estimate of drug-likeness (QED) is 0.724. The van der Waals surface area contributed by atoms with E-state index >= 15 is 0 Å². The molecule has 0 aliphatic heterocycles. The third kappa shape index (κ3) is 4.38. The van der Waals surface area contributed by atoms with Gasteiger partial charge in [0.25, 0.3) is 0 Å². The summed E-state index contributed by atoms with van der Waals surface area (Å²) in [6.45, 7) is 0.394. The fourth-order valence-electron chi connectivity index (χ4n) is 2.11. The molecule has 0 saturated carbocycles. The van der Waals surface area contributed by atoms with Crippen molar-refractivity contribution in [2.24, 2.45) is 0 Å². The molecule has 9 heteroatoms. The van der Waals surface area contributed by atoms with Crippen LogP contribution in [0.3, 0.4) is 0 Å². The van der Waals surface area contributed by atoms with Gasteiger partial charge in [-0.15, -0.1) is 11.3 Å². The molecule has 2 N–H and O–H groups in total. The molecule has 0 aliphatic rings. The zero-order chi connectivity index (χ0) is 17.9. The van der Waals surface area contributed by atoms with Crippen LogP contribution in [0.1, 0.15) is 10.4 Å². The number of urea groups is 1. The van der Waals surface area contributed by atoms with Crippen molar-refractivity contribution in [1.82, 2.24) is 15.1 Å². The van der Waals surface area contributed by atoms with Gasteiger partial charge in [-0.2, -0.15) is 18.3 Å². The van der Waals surface area contributed by atoms with E-state index in [2.05, 4.69) is 15.7 Å². The summed E-state index contributed by atoms with van der Waals surface area (Å²) in [7, 11) is 0. The van der Waals surface area contributed by atoms with E-state index in [1.165, 1.54) is 40.5 Å². The number of carbonyl (C=O) groups is 1. The molecular formula is C16H13F3N4OS. The number of benzene rings is 1. The number of aromatic nitrogens is 2. The molecule has 2 aromatic heterocycles. The number of thiophene rings is 1. The number of amides is 2. The van der Waals surface area contributed by atoms with Gasteiger partial charge in [-0.25, -0.2) is 9.48 Å². The lowest BCUT2D eigenvalue weighted by Crippen LogP contribution is -2.27. The highest BCUT2D eigenvalue weighted by Crippen LogP contribution is 2.30. The van der Waals surface area contributed by atoms with Gasteiger partial charge in [0.2, 0.25) is 0 Å². The van der Waals surface area contributed by atoms with Gasteiger partial charge in [0.15, 0.2) is 0 Å². The Kier molecular flexibility index (Phi) is 4.75. The molecule has 3 aromatic rings. The molecule has 0 spiro atoms. The molecule has 0 atom stereocenters. The van der Waals surface area contributed by atoms with Crippen LogP contribution in [0, 0.1) is 0 Å². The number of hydrogen-bond acceptors (Lipinski definition) is 3. The van der Waals surface area contributed by atoms with Gasteiger partial charge >= 0.3 is 12.2 Å². The fourth-order valence-corrected chi connectivity index (χ4v) is 2.75. The van der Waals surface area contributed by atoms with Crippen molar-refractivity contribution in [2.75, 3.05) is 5.32 Å². The first-order valence-electron chi connectivity index (χ1n) is 7.21. The Morgan fingerprint density at radius 1 is 1.24 bits per heavy atom. The van der Waals surface area contributed by atoms with E-state index in [1.807, 2.05) is 17.5 Å². The normalized spacial score (nSPS) is 11.3. The lowest BCUT2D eigenvalue weighted by atomic mass is 10.2. The van der Waals surface area contributed by atoms with Crippen molar-refractivity contribution < 1.29 is 18.0 Å². The first-order valence-corrected chi connectivity index (χ1v) is 8.09. The second kappa shape index (κ2) is 6.98. The van der Waals surface area contributed by atoms with Gasteiger partial charge in [0.05, 0.1) is 35.9 Å². The number of nitrogens with zero attached hydrogens (tertiary/aromatic N) is 2. The summed E-state index contributed by atoms with van der Waals surface area (Å²) in [5, 5.41) is 11.2. The maximum atomic E-state index is 12.8. The van der Waals surface area contributed by atoms with E-state index in [-0.39, 0.29) is 5.69 Å². The number of carbonyl (C=O) groups excluding carboxylic acids is 1.